The zero-order chi connectivity index (χ0) is 11.9. The minimum atomic E-state index is -0.507. The Kier molecular flexibility index (Phi) is 6.61. The minimum Gasteiger partial charge on any atom is -0.747 e. The van der Waals surface area contributed by atoms with Gasteiger partial charge in [-0.25, -0.2) is 12.1 Å². The molecule has 0 amide bonds. The van der Waals surface area contributed by atoms with E-state index in [1.807, 2.05) is 54.6 Å². The van der Waals surface area contributed by atoms with E-state index in [4.69, 9.17) is 0 Å². The Labute approximate surface area is 121 Å². The van der Waals surface area contributed by atoms with Gasteiger partial charge in [-0.05, 0) is 0 Å². The molecule has 0 saturated carbocycles. The van der Waals surface area contributed by atoms with Crippen LogP contribution in [0.15, 0.2) is 66.3 Å². The summed E-state index contributed by atoms with van der Waals surface area (Å²) in [5.74, 6) is 0. The maximum Gasteiger partial charge on any atom is 0.0794 e. The first-order chi connectivity index (χ1) is 8.38. The van der Waals surface area contributed by atoms with Crippen LogP contribution in [0, 0.1) is 0 Å². The molecule has 1 atom stereocenters. The summed E-state index contributed by atoms with van der Waals surface area (Å²) in [7, 11) is 0. The van der Waals surface area contributed by atoms with Gasteiger partial charge in [-0.1, -0.05) is 6.10 Å². The van der Waals surface area contributed by atoms with Crippen molar-refractivity contribution < 1.29 is 22.2 Å². The number of aromatic nitrogens is 1. The maximum absolute atomic E-state index is 9.74. The molecular formula is C14H13FeNOS-6. The summed E-state index contributed by atoms with van der Waals surface area (Å²) in [6.07, 6.45) is 1.19. The molecule has 1 heterocycles. The van der Waals surface area contributed by atoms with Gasteiger partial charge in [-0.15, -0.1) is 11.3 Å². The monoisotopic (exact) mass is 299 g/mol. The number of nitrogens with zero attached hydrogens (tertiary/aromatic N) is 1. The maximum atomic E-state index is 9.74. The second-order valence-electron chi connectivity index (χ2n) is 3.49. The number of thiazole rings is 1. The van der Waals surface area contributed by atoms with Crippen molar-refractivity contribution in [3.63, 3.8) is 0 Å². The second kappa shape index (κ2) is 8.01. The fourth-order valence-electron chi connectivity index (χ4n) is 1.42. The number of hydrogen-bond donors (Lipinski definition) is 1. The van der Waals surface area contributed by atoms with E-state index in [0.29, 0.717) is 0 Å². The van der Waals surface area contributed by atoms with E-state index in [0.717, 1.165) is 10.4 Å². The Morgan fingerprint density at radius 3 is 2.33 bits per heavy atom. The van der Waals surface area contributed by atoms with E-state index in [1.54, 1.807) is 11.7 Å². The molecule has 0 aliphatic heterocycles. The van der Waals surface area contributed by atoms with E-state index in [9.17, 15) is 5.11 Å². The molecule has 1 aromatic heterocycles. The SMILES string of the molecule is OC(c1cncs1)[c-]1[cH-][cH-][cH-][cH-]1.[Fe].c1cc[cH-]c1. The van der Waals surface area contributed by atoms with Crippen LogP contribution in [0.2, 0.25) is 0 Å². The fraction of sp³-hybridized carbons (Fsp3) is 0.0714. The Bertz CT molecular complexity index is 436. The van der Waals surface area contributed by atoms with Gasteiger partial charge in [-0.3, -0.25) is 4.98 Å². The van der Waals surface area contributed by atoms with Crippen molar-refractivity contribution in [2.24, 2.45) is 0 Å². The molecule has 0 saturated heterocycles. The molecule has 3 rings (SSSR count). The van der Waals surface area contributed by atoms with E-state index in [1.165, 1.54) is 11.3 Å². The van der Waals surface area contributed by atoms with Crippen molar-refractivity contribution in [3.8, 4) is 0 Å². The topological polar surface area (TPSA) is 33.1 Å². The zero-order valence-corrected chi connectivity index (χ0v) is 11.5. The van der Waals surface area contributed by atoms with Crippen LogP contribution in [0.3, 0.4) is 0 Å². The first-order valence-corrected chi connectivity index (χ1v) is 6.20. The smallest absolute Gasteiger partial charge is 0.0794 e. The third-order valence-electron chi connectivity index (χ3n) is 2.28. The van der Waals surface area contributed by atoms with Crippen LogP contribution in [-0.2, 0) is 17.1 Å². The molecule has 2 aromatic carbocycles. The Morgan fingerprint density at radius 1 is 1.22 bits per heavy atom. The van der Waals surface area contributed by atoms with Crippen LogP contribution in [0.5, 0.6) is 0 Å². The summed E-state index contributed by atoms with van der Waals surface area (Å²) in [6, 6.07) is 17.6. The molecule has 0 spiro atoms. The molecule has 4 heteroatoms. The second-order valence-corrected chi connectivity index (χ2v) is 4.40. The largest absolute Gasteiger partial charge is 0.747 e. The Morgan fingerprint density at radius 2 is 1.89 bits per heavy atom. The van der Waals surface area contributed by atoms with E-state index < -0.39 is 6.10 Å². The van der Waals surface area contributed by atoms with Gasteiger partial charge in [0.2, 0.25) is 0 Å². The van der Waals surface area contributed by atoms with Gasteiger partial charge in [0.1, 0.15) is 0 Å². The zero-order valence-electron chi connectivity index (χ0n) is 9.58. The summed E-state index contributed by atoms with van der Waals surface area (Å²) >= 11 is 1.47. The van der Waals surface area contributed by atoms with E-state index in [-0.39, 0.29) is 17.1 Å². The van der Waals surface area contributed by atoms with Crippen molar-refractivity contribution in [3.05, 3.63) is 76.7 Å². The average Bonchev–Trinajstić information content (AvgIpc) is 3.11. The predicted molar refractivity (Wildman–Crippen MR) is 70.2 cm³/mol. The normalized spacial score (nSPS) is 10.9. The molecule has 0 bridgehead atoms. The van der Waals surface area contributed by atoms with Gasteiger partial charge in [0.05, 0.1) is 5.51 Å². The molecule has 0 radical (unpaired) electrons. The van der Waals surface area contributed by atoms with Crippen molar-refractivity contribution in [2.45, 2.75) is 6.10 Å². The number of rotatable bonds is 2. The molecular weight excluding hydrogens is 286 g/mol. The van der Waals surface area contributed by atoms with Gasteiger partial charge >= 0.3 is 0 Å². The van der Waals surface area contributed by atoms with Crippen LogP contribution in [-0.4, -0.2) is 10.1 Å². The van der Waals surface area contributed by atoms with Crippen molar-refractivity contribution in [1.29, 1.82) is 0 Å². The molecule has 0 fully saturated rings. The van der Waals surface area contributed by atoms with Gasteiger partial charge in [-0.2, -0.15) is 18.2 Å². The third kappa shape index (κ3) is 4.24. The summed E-state index contributed by atoms with van der Waals surface area (Å²) in [4.78, 5) is 4.80. The molecule has 3 aromatic rings. The van der Waals surface area contributed by atoms with Crippen LogP contribution in [0.4, 0.5) is 0 Å². The molecule has 100 valence electrons. The Hall–Kier alpha value is -1.19. The van der Waals surface area contributed by atoms with Gasteiger partial charge in [0, 0.05) is 28.1 Å². The quantitative estimate of drug-likeness (QED) is 0.581. The molecule has 1 N–H and O–H groups in total. The van der Waals surface area contributed by atoms with Crippen LogP contribution in [0.1, 0.15) is 16.5 Å². The molecule has 18 heavy (non-hydrogen) atoms. The number of aliphatic hydroxyl groups excluding tert-OH is 1. The van der Waals surface area contributed by atoms with Crippen LogP contribution >= 0.6 is 11.3 Å². The standard InChI is InChI=1S/C9H8NOS.C5H5.Fe/c11-9(7-3-1-2-4-7)8-5-10-6-12-8;1-2-4-5-3-1;/h1-6,9,11H;1-5H;/q-5;-1;. The van der Waals surface area contributed by atoms with Crippen LogP contribution < -0.4 is 0 Å². The van der Waals surface area contributed by atoms with E-state index in [2.05, 4.69) is 4.98 Å². The summed E-state index contributed by atoms with van der Waals surface area (Å²) in [5.41, 5.74) is 2.65. The minimum absolute atomic E-state index is 0. The average molecular weight is 299 g/mol. The van der Waals surface area contributed by atoms with Crippen LogP contribution in [0.25, 0.3) is 0 Å². The summed E-state index contributed by atoms with van der Waals surface area (Å²) in [6.45, 7) is 0. The van der Waals surface area contributed by atoms with Crippen molar-refractivity contribution >= 4 is 11.3 Å². The number of hydrogen-bond acceptors (Lipinski definition) is 3. The predicted octanol–water partition coefficient (Wildman–Crippen LogP) is 3.35. The molecule has 0 aliphatic rings. The third-order valence-corrected chi connectivity index (χ3v) is 3.11. The van der Waals surface area contributed by atoms with Gasteiger partial charge in [0.15, 0.2) is 0 Å². The van der Waals surface area contributed by atoms with E-state index >= 15 is 0 Å². The van der Waals surface area contributed by atoms with Crippen molar-refractivity contribution in [1.82, 2.24) is 4.98 Å². The summed E-state index contributed by atoms with van der Waals surface area (Å²) in [5, 5.41) is 9.74. The summed E-state index contributed by atoms with van der Waals surface area (Å²) < 4.78 is 0. The number of aliphatic hydroxyl groups is 1. The molecule has 0 aliphatic carbocycles. The van der Waals surface area contributed by atoms with Crippen molar-refractivity contribution in [2.75, 3.05) is 0 Å². The fourth-order valence-corrected chi connectivity index (χ4v) is 2.05. The first kappa shape index (κ1) is 14.9. The Balaban J connectivity index is 0.000000230. The molecule has 1 unspecified atom stereocenters. The van der Waals surface area contributed by atoms with Gasteiger partial charge < -0.3 is 34.9 Å². The first-order valence-electron chi connectivity index (χ1n) is 5.32. The molecule has 2 nitrogen and oxygen atoms in total. The van der Waals surface area contributed by atoms with Gasteiger partial charge in [0.25, 0.3) is 0 Å².